The van der Waals surface area contributed by atoms with E-state index < -0.39 is 0 Å². The minimum absolute atomic E-state index is 0.0499. The van der Waals surface area contributed by atoms with Gasteiger partial charge in [-0.15, -0.1) is 0 Å². The Hall–Kier alpha value is -1.46. The molecule has 2 atom stereocenters. The first kappa shape index (κ1) is 14.9. The van der Waals surface area contributed by atoms with E-state index in [0.717, 1.165) is 5.56 Å². The molecular weight excluding hydrogens is 272 g/mol. The van der Waals surface area contributed by atoms with Gasteiger partial charge < -0.3 is 15.4 Å². The van der Waals surface area contributed by atoms with Gasteiger partial charge in [0.05, 0.1) is 17.2 Å². The summed E-state index contributed by atoms with van der Waals surface area (Å²) in [6.07, 6.45) is 0.725. The summed E-state index contributed by atoms with van der Waals surface area (Å²) >= 11 is 4.88. The molecule has 2 unspecified atom stereocenters. The molecule has 0 aliphatic carbocycles. The maximum atomic E-state index is 12.4. The third-order valence-corrected chi connectivity index (χ3v) is 3.43. The monoisotopic (exact) mass is 292 g/mol. The van der Waals surface area contributed by atoms with E-state index in [1.54, 1.807) is 0 Å². The summed E-state index contributed by atoms with van der Waals surface area (Å²) in [6.45, 7) is 5.25. The maximum absolute atomic E-state index is 12.4. The summed E-state index contributed by atoms with van der Waals surface area (Å²) in [6, 6.07) is 7.47. The Morgan fingerprint density at radius 2 is 1.85 bits per heavy atom. The number of nitrogens with two attached hydrogens (primary N) is 1. The van der Waals surface area contributed by atoms with Crippen molar-refractivity contribution in [2.24, 2.45) is 5.73 Å². The van der Waals surface area contributed by atoms with Crippen LogP contribution in [-0.4, -0.2) is 41.1 Å². The van der Waals surface area contributed by atoms with Crippen molar-refractivity contribution in [3.05, 3.63) is 35.4 Å². The quantitative estimate of drug-likeness (QED) is 0.863. The molecule has 0 saturated carbocycles. The zero-order chi connectivity index (χ0) is 14.7. The number of nitrogens with zero attached hydrogens (tertiary/aromatic N) is 1. The van der Waals surface area contributed by atoms with E-state index in [4.69, 9.17) is 22.7 Å². The highest BCUT2D eigenvalue weighted by molar-refractivity contribution is 7.80. The minimum Gasteiger partial charge on any atom is -0.393 e. The first-order valence-corrected chi connectivity index (χ1v) is 7.18. The van der Waals surface area contributed by atoms with Gasteiger partial charge in [0.2, 0.25) is 0 Å². The molecule has 0 aromatic heterocycles. The van der Waals surface area contributed by atoms with Crippen LogP contribution in [0.5, 0.6) is 0 Å². The Morgan fingerprint density at radius 1 is 1.30 bits per heavy atom. The van der Waals surface area contributed by atoms with Gasteiger partial charge in [0, 0.05) is 25.1 Å². The van der Waals surface area contributed by atoms with Crippen LogP contribution in [0.1, 0.15) is 29.8 Å². The molecule has 2 N–H and O–H groups in total. The van der Waals surface area contributed by atoms with Crippen LogP contribution < -0.4 is 5.73 Å². The van der Waals surface area contributed by atoms with Crippen molar-refractivity contribution in [3.8, 4) is 0 Å². The summed E-state index contributed by atoms with van der Waals surface area (Å²) in [4.78, 5) is 14.8. The first-order valence-electron chi connectivity index (χ1n) is 6.77. The van der Waals surface area contributed by atoms with Gasteiger partial charge in [0.1, 0.15) is 0 Å². The lowest BCUT2D eigenvalue weighted by molar-refractivity contribution is -0.0586. The van der Waals surface area contributed by atoms with Gasteiger partial charge in [-0.1, -0.05) is 24.4 Å². The summed E-state index contributed by atoms with van der Waals surface area (Å²) in [7, 11) is 0. The second-order valence-corrected chi connectivity index (χ2v) is 5.83. The molecule has 1 saturated heterocycles. The molecule has 0 spiro atoms. The van der Waals surface area contributed by atoms with Gasteiger partial charge in [-0.3, -0.25) is 4.79 Å². The molecule has 1 aromatic carbocycles. The number of morpholine rings is 1. The Bertz CT molecular complexity index is 491. The van der Waals surface area contributed by atoms with Gasteiger partial charge in [-0.05, 0) is 31.5 Å². The molecule has 1 aromatic rings. The zero-order valence-electron chi connectivity index (χ0n) is 11.8. The maximum Gasteiger partial charge on any atom is 0.254 e. The standard InChI is InChI=1S/C15H20N2O2S/c1-10-8-17(9-11(2)19-10)15(18)13-5-3-12(4-6-13)7-14(16)20/h3-6,10-11H,7-9H2,1-2H3,(H2,16,20). The summed E-state index contributed by atoms with van der Waals surface area (Å²) < 4.78 is 5.64. The summed E-state index contributed by atoms with van der Waals surface area (Å²) in [5.41, 5.74) is 7.23. The highest BCUT2D eigenvalue weighted by atomic mass is 32.1. The van der Waals surface area contributed by atoms with E-state index in [1.807, 2.05) is 43.0 Å². The third-order valence-electron chi connectivity index (χ3n) is 3.29. The van der Waals surface area contributed by atoms with Gasteiger partial charge in [0.25, 0.3) is 5.91 Å². The lowest BCUT2D eigenvalue weighted by Crippen LogP contribution is -2.48. The van der Waals surface area contributed by atoms with Gasteiger partial charge in [-0.25, -0.2) is 0 Å². The third kappa shape index (κ3) is 3.77. The minimum atomic E-state index is 0.0499. The molecule has 20 heavy (non-hydrogen) atoms. The van der Waals surface area contributed by atoms with Crippen molar-refractivity contribution in [2.75, 3.05) is 13.1 Å². The molecule has 1 fully saturated rings. The molecule has 5 heteroatoms. The number of benzene rings is 1. The number of carbonyl (C=O) groups excluding carboxylic acids is 1. The fraction of sp³-hybridized carbons (Fsp3) is 0.467. The van der Waals surface area contributed by atoms with Crippen LogP contribution in [-0.2, 0) is 11.2 Å². The Labute approximate surface area is 124 Å². The molecule has 1 amide bonds. The molecule has 108 valence electrons. The van der Waals surface area contributed by atoms with Crippen LogP contribution in [0.4, 0.5) is 0 Å². The van der Waals surface area contributed by atoms with Crippen LogP contribution in [0.25, 0.3) is 0 Å². The van der Waals surface area contributed by atoms with Crippen LogP contribution in [0.3, 0.4) is 0 Å². The molecular formula is C15H20N2O2S. The second-order valence-electron chi connectivity index (χ2n) is 5.31. The Balaban J connectivity index is 2.07. The predicted octanol–water partition coefficient (Wildman–Crippen LogP) is 1.76. The van der Waals surface area contributed by atoms with E-state index in [-0.39, 0.29) is 18.1 Å². The van der Waals surface area contributed by atoms with Gasteiger partial charge in [0.15, 0.2) is 0 Å². The molecule has 0 radical (unpaired) electrons. The van der Waals surface area contributed by atoms with E-state index in [1.165, 1.54) is 0 Å². The fourth-order valence-electron chi connectivity index (χ4n) is 2.49. The summed E-state index contributed by atoms with van der Waals surface area (Å²) in [5.74, 6) is 0.0499. The molecule has 4 nitrogen and oxygen atoms in total. The average Bonchev–Trinajstić information content (AvgIpc) is 2.37. The van der Waals surface area contributed by atoms with E-state index in [2.05, 4.69) is 0 Å². The van der Waals surface area contributed by atoms with Gasteiger partial charge >= 0.3 is 0 Å². The lowest BCUT2D eigenvalue weighted by atomic mass is 10.1. The van der Waals surface area contributed by atoms with E-state index in [0.29, 0.717) is 30.1 Å². The van der Waals surface area contributed by atoms with Crippen molar-refractivity contribution >= 4 is 23.1 Å². The second kappa shape index (κ2) is 6.33. The predicted molar refractivity (Wildman–Crippen MR) is 82.8 cm³/mol. The van der Waals surface area contributed by atoms with Gasteiger partial charge in [-0.2, -0.15) is 0 Å². The molecule has 2 rings (SSSR count). The number of rotatable bonds is 3. The topological polar surface area (TPSA) is 55.6 Å². The number of ether oxygens (including phenoxy) is 1. The number of hydrogen-bond donors (Lipinski definition) is 1. The smallest absolute Gasteiger partial charge is 0.254 e. The van der Waals surface area contributed by atoms with Crippen molar-refractivity contribution in [2.45, 2.75) is 32.5 Å². The van der Waals surface area contributed by atoms with Crippen LogP contribution in [0, 0.1) is 0 Å². The number of carbonyl (C=O) groups is 1. The summed E-state index contributed by atoms with van der Waals surface area (Å²) in [5, 5.41) is 0. The van der Waals surface area contributed by atoms with E-state index >= 15 is 0 Å². The Kier molecular flexibility index (Phi) is 4.73. The van der Waals surface area contributed by atoms with Crippen molar-refractivity contribution < 1.29 is 9.53 Å². The van der Waals surface area contributed by atoms with E-state index in [9.17, 15) is 4.79 Å². The van der Waals surface area contributed by atoms with Crippen LogP contribution in [0.2, 0.25) is 0 Å². The molecule has 0 bridgehead atoms. The van der Waals surface area contributed by atoms with Crippen molar-refractivity contribution in [1.29, 1.82) is 0 Å². The van der Waals surface area contributed by atoms with Crippen LogP contribution >= 0.6 is 12.2 Å². The molecule has 1 aliphatic rings. The lowest BCUT2D eigenvalue weighted by Gasteiger charge is -2.35. The molecule has 1 heterocycles. The first-order chi connectivity index (χ1) is 9.45. The zero-order valence-corrected chi connectivity index (χ0v) is 12.7. The van der Waals surface area contributed by atoms with Crippen molar-refractivity contribution in [1.82, 2.24) is 4.90 Å². The number of hydrogen-bond acceptors (Lipinski definition) is 3. The number of amides is 1. The van der Waals surface area contributed by atoms with Crippen molar-refractivity contribution in [3.63, 3.8) is 0 Å². The Morgan fingerprint density at radius 3 is 2.35 bits per heavy atom. The highest BCUT2D eigenvalue weighted by Gasteiger charge is 2.26. The molecule has 1 aliphatic heterocycles. The fourth-order valence-corrected chi connectivity index (χ4v) is 2.66. The SMILES string of the molecule is CC1CN(C(=O)c2ccc(CC(N)=S)cc2)CC(C)O1. The highest BCUT2D eigenvalue weighted by Crippen LogP contribution is 2.15. The average molecular weight is 292 g/mol. The normalized spacial score (nSPS) is 22.6. The largest absolute Gasteiger partial charge is 0.393 e. The van der Waals surface area contributed by atoms with Crippen LogP contribution in [0.15, 0.2) is 24.3 Å². The number of thiocarbonyl (C=S) groups is 1.